The molecule has 1 N–H and O–H groups in total. The number of carbonyl (C=O) groups is 1. The van der Waals surface area contributed by atoms with Gasteiger partial charge in [-0.15, -0.1) is 0 Å². The van der Waals surface area contributed by atoms with Crippen LogP contribution in [0.15, 0.2) is 16.1 Å². The lowest BCUT2D eigenvalue weighted by Crippen LogP contribution is -2.38. The fraction of sp³-hybridized carbons (Fsp3) is 0.583. The summed E-state index contributed by atoms with van der Waals surface area (Å²) in [5, 5.41) is 3.61. The minimum absolute atomic E-state index is 0.143. The zero-order valence-electron chi connectivity index (χ0n) is 10.2. The number of nitrogens with zero attached hydrogens (tertiary/aromatic N) is 2. The highest BCUT2D eigenvalue weighted by Gasteiger charge is 2.30. The molecule has 2 aliphatic rings. The van der Waals surface area contributed by atoms with Crippen molar-refractivity contribution in [3.05, 3.63) is 22.1 Å². The van der Waals surface area contributed by atoms with Gasteiger partial charge in [0.15, 0.2) is 5.16 Å². The summed E-state index contributed by atoms with van der Waals surface area (Å²) in [7, 11) is 0. The van der Waals surface area contributed by atoms with Crippen LogP contribution >= 0.6 is 11.8 Å². The number of rotatable bonds is 3. The van der Waals surface area contributed by atoms with Gasteiger partial charge in [-0.2, -0.15) is 0 Å². The molecule has 18 heavy (non-hydrogen) atoms. The summed E-state index contributed by atoms with van der Waals surface area (Å²) in [6.45, 7) is 2.63. The molecule has 0 aromatic carbocycles. The number of carbonyl (C=O) groups excluding carboxylic acids is 1. The monoisotopic (exact) mass is 265 g/mol. The van der Waals surface area contributed by atoms with E-state index in [1.807, 2.05) is 6.92 Å². The third kappa shape index (κ3) is 2.05. The van der Waals surface area contributed by atoms with Gasteiger partial charge in [-0.1, -0.05) is 11.8 Å². The van der Waals surface area contributed by atoms with Crippen molar-refractivity contribution in [3.8, 4) is 0 Å². The van der Waals surface area contributed by atoms with Gasteiger partial charge >= 0.3 is 0 Å². The van der Waals surface area contributed by atoms with E-state index in [1.165, 1.54) is 19.0 Å². The molecule has 3 rings (SSSR count). The average molecular weight is 265 g/mol. The second-order valence-electron chi connectivity index (χ2n) is 4.86. The van der Waals surface area contributed by atoms with E-state index in [9.17, 15) is 9.59 Å². The molecule has 1 aromatic rings. The molecule has 5 nitrogen and oxygen atoms in total. The maximum atomic E-state index is 12.1. The van der Waals surface area contributed by atoms with E-state index in [0.29, 0.717) is 17.6 Å². The van der Waals surface area contributed by atoms with E-state index < -0.39 is 0 Å². The molecule has 1 fully saturated rings. The van der Waals surface area contributed by atoms with Gasteiger partial charge in [-0.3, -0.25) is 14.2 Å². The third-order valence-corrected chi connectivity index (χ3v) is 4.46. The molecule has 1 aromatic heterocycles. The van der Waals surface area contributed by atoms with Gasteiger partial charge in [0.25, 0.3) is 11.5 Å². The molecule has 2 heterocycles. The van der Waals surface area contributed by atoms with Crippen LogP contribution in [0, 0.1) is 5.92 Å². The van der Waals surface area contributed by atoms with Crippen molar-refractivity contribution >= 4 is 17.7 Å². The second-order valence-corrected chi connectivity index (χ2v) is 5.92. The zero-order chi connectivity index (χ0) is 12.7. The SMILES string of the molecule is C[C@H](NC(=O)c1cnc2n(c1=O)CCS2)C1CC1. The minimum Gasteiger partial charge on any atom is -0.349 e. The molecule has 6 heteroatoms. The fourth-order valence-corrected chi connectivity index (χ4v) is 3.09. The maximum Gasteiger partial charge on any atom is 0.267 e. The number of fused-ring (bicyclic) bond motifs is 1. The van der Waals surface area contributed by atoms with Gasteiger partial charge in [-0.25, -0.2) is 4.98 Å². The number of thioether (sulfide) groups is 1. The molecule has 1 atom stereocenters. The van der Waals surface area contributed by atoms with Crippen LogP contribution in [-0.2, 0) is 6.54 Å². The molecule has 96 valence electrons. The smallest absolute Gasteiger partial charge is 0.267 e. The van der Waals surface area contributed by atoms with Crippen LogP contribution in [0.5, 0.6) is 0 Å². The highest BCUT2D eigenvalue weighted by Crippen LogP contribution is 2.32. The van der Waals surface area contributed by atoms with Crippen LogP contribution in [0.2, 0.25) is 0 Å². The molecule has 1 amide bonds. The Balaban J connectivity index is 1.83. The summed E-state index contributed by atoms with van der Waals surface area (Å²) in [6, 6.07) is 0.143. The first-order valence-electron chi connectivity index (χ1n) is 6.20. The zero-order valence-corrected chi connectivity index (χ0v) is 11.0. The van der Waals surface area contributed by atoms with Crippen molar-refractivity contribution in [3.63, 3.8) is 0 Å². The van der Waals surface area contributed by atoms with Crippen molar-refractivity contribution in [2.24, 2.45) is 5.92 Å². The molecular weight excluding hydrogens is 250 g/mol. The van der Waals surface area contributed by atoms with E-state index in [0.717, 1.165) is 5.75 Å². The lowest BCUT2D eigenvalue weighted by molar-refractivity contribution is 0.0933. The molecule has 1 aliphatic carbocycles. The number of hydrogen-bond donors (Lipinski definition) is 1. The molecule has 0 saturated heterocycles. The topological polar surface area (TPSA) is 64.0 Å². The van der Waals surface area contributed by atoms with Crippen molar-refractivity contribution in [2.75, 3.05) is 5.75 Å². The van der Waals surface area contributed by atoms with E-state index >= 15 is 0 Å². The number of hydrogen-bond acceptors (Lipinski definition) is 4. The summed E-state index contributed by atoms with van der Waals surface area (Å²) in [5.41, 5.74) is -0.0563. The lowest BCUT2D eigenvalue weighted by atomic mass is 10.2. The van der Waals surface area contributed by atoms with Crippen LogP contribution in [0.3, 0.4) is 0 Å². The van der Waals surface area contributed by atoms with Crippen molar-refractivity contribution in [2.45, 2.75) is 37.5 Å². The van der Waals surface area contributed by atoms with Crippen molar-refractivity contribution < 1.29 is 4.79 Å². The summed E-state index contributed by atoms with van der Waals surface area (Å²) in [4.78, 5) is 28.3. The van der Waals surface area contributed by atoms with Gasteiger partial charge in [0.05, 0.1) is 0 Å². The normalized spacial score (nSPS) is 19.4. The van der Waals surface area contributed by atoms with Gasteiger partial charge in [0.1, 0.15) is 5.56 Å². The second kappa shape index (κ2) is 4.42. The number of amides is 1. The summed E-state index contributed by atoms with van der Waals surface area (Å²) in [6.07, 6.45) is 3.74. The first kappa shape index (κ1) is 11.8. The van der Waals surface area contributed by atoms with Crippen LogP contribution in [-0.4, -0.2) is 27.3 Å². The Morgan fingerprint density at radius 1 is 1.61 bits per heavy atom. The lowest BCUT2D eigenvalue weighted by Gasteiger charge is -2.12. The van der Waals surface area contributed by atoms with E-state index in [4.69, 9.17) is 0 Å². The Bertz CT molecular complexity index is 551. The Kier molecular flexibility index (Phi) is 2.89. The number of nitrogens with one attached hydrogen (secondary N) is 1. The highest BCUT2D eigenvalue weighted by atomic mass is 32.2. The van der Waals surface area contributed by atoms with E-state index in [-0.39, 0.29) is 23.1 Å². The van der Waals surface area contributed by atoms with Crippen molar-refractivity contribution in [1.29, 1.82) is 0 Å². The van der Waals surface area contributed by atoms with Gasteiger partial charge in [-0.05, 0) is 25.7 Å². The van der Waals surface area contributed by atoms with Gasteiger partial charge in [0, 0.05) is 24.5 Å². The van der Waals surface area contributed by atoms with Crippen LogP contribution in [0.4, 0.5) is 0 Å². The van der Waals surface area contributed by atoms with Crippen LogP contribution in [0.25, 0.3) is 0 Å². The van der Waals surface area contributed by atoms with Gasteiger partial charge < -0.3 is 5.32 Å². The van der Waals surface area contributed by atoms with Crippen LogP contribution in [0.1, 0.15) is 30.1 Å². The minimum atomic E-state index is -0.292. The first-order chi connectivity index (χ1) is 8.66. The molecular formula is C12H15N3O2S. The van der Waals surface area contributed by atoms with Crippen molar-refractivity contribution in [1.82, 2.24) is 14.9 Å². The van der Waals surface area contributed by atoms with E-state index in [1.54, 1.807) is 16.3 Å². The van der Waals surface area contributed by atoms with E-state index in [2.05, 4.69) is 10.3 Å². The summed E-state index contributed by atoms with van der Waals surface area (Å²) >= 11 is 1.55. The first-order valence-corrected chi connectivity index (χ1v) is 7.19. The summed E-state index contributed by atoms with van der Waals surface area (Å²) in [5.74, 6) is 1.14. The molecule has 1 aliphatic heterocycles. The highest BCUT2D eigenvalue weighted by molar-refractivity contribution is 7.99. The Morgan fingerprint density at radius 2 is 2.39 bits per heavy atom. The Labute approximate surface area is 109 Å². The van der Waals surface area contributed by atoms with Gasteiger partial charge in [0.2, 0.25) is 0 Å². The maximum absolute atomic E-state index is 12.1. The Morgan fingerprint density at radius 3 is 3.11 bits per heavy atom. The third-order valence-electron chi connectivity index (χ3n) is 3.49. The molecule has 0 spiro atoms. The van der Waals surface area contributed by atoms with Crippen LogP contribution < -0.4 is 10.9 Å². The molecule has 0 unspecified atom stereocenters. The number of aromatic nitrogens is 2. The average Bonchev–Trinajstić information content (AvgIpc) is 3.08. The summed E-state index contributed by atoms with van der Waals surface area (Å²) < 4.78 is 1.58. The standard InChI is InChI=1S/C12H15N3O2S/c1-7(8-2-3-8)14-10(16)9-6-13-12-15(11(9)17)4-5-18-12/h6-8H,2-5H2,1H3,(H,14,16)/t7-/m0/s1. The molecule has 0 bridgehead atoms. The molecule has 0 radical (unpaired) electrons. The predicted molar refractivity (Wildman–Crippen MR) is 68.9 cm³/mol. The molecule has 1 saturated carbocycles. The predicted octanol–water partition coefficient (Wildman–Crippen LogP) is 0.877. The Hall–Kier alpha value is -1.30. The fourth-order valence-electron chi connectivity index (χ4n) is 2.17. The quantitative estimate of drug-likeness (QED) is 0.824. The largest absolute Gasteiger partial charge is 0.349 e.